The first-order chi connectivity index (χ1) is 9.65. The van der Waals surface area contributed by atoms with Crippen LogP contribution in [-0.2, 0) is 10.0 Å². The fourth-order valence-corrected chi connectivity index (χ4v) is 2.21. The predicted octanol–water partition coefficient (Wildman–Crippen LogP) is -0.00300. The first kappa shape index (κ1) is 16.9. The SMILES string of the molecule is CN(C)S(=O)(=O)CCNc1cc(C(N)=O)ccc1[N+](=O)[O-]. The summed E-state index contributed by atoms with van der Waals surface area (Å²) >= 11 is 0. The molecule has 0 saturated carbocycles. The van der Waals surface area contributed by atoms with E-state index in [0.29, 0.717) is 0 Å². The molecule has 21 heavy (non-hydrogen) atoms. The van der Waals surface area contributed by atoms with Gasteiger partial charge in [0.15, 0.2) is 0 Å². The van der Waals surface area contributed by atoms with Gasteiger partial charge in [-0.05, 0) is 12.1 Å². The van der Waals surface area contributed by atoms with Gasteiger partial charge < -0.3 is 11.1 Å². The van der Waals surface area contributed by atoms with Crippen molar-refractivity contribution >= 4 is 27.3 Å². The molecule has 3 N–H and O–H groups in total. The Bertz CT molecular complexity index is 657. The monoisotopic (exact) mass is 316 g/mol. The second-order valence-corrected chi connectivity index (χ2v) is 6.68. The van der Waals surface area contributed by atoms with E-state index in [1.807, 2.05) is 0 Å². The summed E-state index contributed by atoms with van der Waals surface area (Å²) < 4.78 is 24.2. The second-order valence-electron chi connectivity index (χ2n) is 4.38. The molecule has 0 atom stereocenters. The lowest BCUT2D eigenvalue weighted by molar-refractivity contribution is -0.384. The summed E-state index contributed by atoms with van der Waals surface area (Å²) in [6.45, 7) is -0.0381. The molecule has 116 valence electrons. The largest absolute Gasteiger partial charge is 0.378 e. The summed E-state index contributed by atoms with van der Waals surface area (Å²) in [5, 5.41) is 13.5. The van der Waals surface area contributed by atoms with Crippen LogP contribution in [0.25, 0.3) is 0 Å². The fourth-order valence-electron chi connectivity index (χ4n) is 1.49. The molecule has 0 spiro atoms. The molecule has 0 radical (unpaired) electrons. The Hall–Kier alpha value is -2.20. The zero-order valence-corrected chi connectivity index (χ0v) is 12.4. The van der Waals surface area contributed by atoms with Crippen LogP contribution in [-0.4, -0.2) is 49.9 Å². The number of nitro benzene ring substituents is 1. The Labute approximate surface area is 121 Å². The molecule has 0 aliphatic heterocycles. The number of nitrogens with one attached hydrogen (secondary N) is 1. The molecule has 10 heteroatoms. The van der Waals surface area contributed by atoms with Crippen LogP contribution in [0.15, 0.2) is 18.2 Å². The van der Waals surface area contributed by atoms with Crippen molar-refractivity contribution in [1.29, 1.82) is 0 Å². The van der Waals surface area contributed by atoms with Crippen LogP contribution in [0, 0.1) is 10.1 Å². The molecule has 0 aliphatic rings. The van der Waals surface area contributed by atoms with Crippen molar-refractivity contribution in [2.45, 2.75) is 0 Å². The van der Waals surface area contributed by atoms with Crippen molar-refractivity contribution in [1.82, 2.24) is 4.31 Å². The molecule has 0 aliphatic carbocycles. The minimum absolute atomic E-state index is 0.0381. The minimum Gasteiger partial charge on any atom is -0.378 e. The van der Waals surface area contributed by atoms with E-state index in [1.165, 1.54) is 26.2 Å². The third-order valence-corrected chi connectivity index (χ3v) is 4.54. The van der Waals surface area contributed by atoms with Crippen molar-refractivity contribution < 1.29 is 18.1 Å². The van der Waals surface area contributed by atoms with Gasteiger partial charge in [-0.1, -0.05) is 0 Å². The molecule has 1 aromatic rings. The molecule has 0 fully saturated rings. The van der Waals surface area contributed by atoms with Gasteiger partial charge in [0.25, 0.3) is 5.69 Å². The van der Waals surface area contributed by atoms with Gasteiger partial charge in [0.2, 0.25) is 15.9 Å². The highest BCUT2D eigenvalue weighted by Gasteiger charge is 2.17. The van der Waals surface area contributed by atoms with Crippen LogP contribution in [0.5, 0.6) is 0 Å². The number of benzene rings is 1. The molecule has 0 unspecified atom stereocenters. The topological polar surface area (TPSA) is 136 Å². The average Bonchev–Trinajstić information content (AvgIpc) is 2.37. The Kier molecular flexibility index (Phi) is 5.22. The van der Waals surface area contributed by atoms with Gasteiger partial charge >= 0.3 is 0 Å². The highest BCUT2D eigenvalue weighted by Crippen LogP contribution is 2.25. The lowest BCUT2D eigenvalue weighted by Gasteiger charge is -2.12. The van der Waals surface area contributed by atoms with Crippen LogP contribution < -0.4 is 11.1 Å². The van der Waals surface area contributed by atoms with E-state index >= 15 is 0 Å². The summed E-state index contributed by atoms with van der Waals surface area (Å²) in [5.74, 6) is -0.966. The summed E-state index contributed by atoms with van der Waals surface area (Å²) in [4.78, 5) is 21.3. The van der Waals surface area contributed by atoms with Crippen molar-refractivity contribution in [3.63, 3.8) is 0 Å². The normalized spacial score (nSPS) is 11.4. The van der Waals surface area contributed by atoms with E-state index in [2.05, 4.69) is 5.32 Å². The van der Waals surface area contributed by atoms with E-state index < -0.39 is 20.9 Å². The smallest absolute Gasteiger partial charge is 0.292 e. The minimum atomic E-state index is -3.42. The van der Waals surface area contributed by atoms with Crippen molar-refractivity contribution in [2.75, 3.05) is 31.7 Å². The van der Waals surface area contributed by atoms with Gasteiger partial charge in [-0.3, -0.25) is 14.9 Å². The van der Waals surface area contributed by atoms with Gasteiger partial charge in [0, 0.05) is 32.3 Å². The standard InChI is InChI=1S/C11H16N4O5S/c1-14(2)21(19,20)6-5-13-9-7-8(11(12)16)3-4-10(9)15(17)18/h3-4,7,13H,5-6H2,1-2H3,(H2,12,16). The van der Waals surface area contributed by atoms with E-state index in [1.54, 1.807) is 0 Å². The lowest BCUT2D eigenvalue weighted by atomic mass is 10.1. The number of hydrogen-bond donors (Lipinski definition) is 2. The van der Waals surface area contributed by atoms with Crippen molar-refractivity contribution in [2.24, 2.45) is 5.73 Å². The van der Waals surface area contributed by atoms with Gasteiger partial charge in [-0.2, -0.15) is 0 Å². The summed E-state index contributed by atoms with van der Waals surface area (Å²) in [5.41, 5.74) is 4.99. The fraction of sp³-hybridized carbons (Fsp3) is 0.364. The molecular weight excluding hydrogens is 300 g/mol. The Morgan fingerprint density at radius 3 is 2.52 bits per heavy atom. The molecule has 9 nitrogen and oxygen atoms in total. The number of hydrogen-bond acceptors (Lipinski definition) is 6. The molecule has 1 rings (SSSR count). The highest BCUT2D eigenvalue weighted by atomic mass is 32.2. The first-order valence-electron chi connectivity index (χ1n) is 5.87. The quantitative estimate of drug-likeness (QED) is 0.536. The number of nitrogens with two attached hydrogens (primary N) is 1. The molecule has 1 amide bonds. The Morgan fingerprint density at radius 1 is 1.43 bits per heavy atom. The molecule has 0 aromatic heterocycles. The Morgan fingerprint density at radius 2 is 2.05 bits per heavy atom. The maximum Gasteiger partial charge on any atom is 0.292 e. The molecule has 1 aromatic carbocycles. The molecule has 0 heterocycles. The number of primary amides is 1. The number of rotatable bonds is 7. The zero-order valence-electron chi connectivity index (χ0n) is 11.6. The number of carbonyl (C=O) groups excluding carboxylic acids is 1. The third-order valence-electron chi connectivity index (χ3n) is 2.71. The third kappa shape index (κ3) is 4.39. The average molecular weight is 316 g/mol. The van der Waals surface area contributed by atoms with Crippen molar-refractivity contribution in [3.8, 4) is 0 Å². The molecule has 0 bridgehead atoms. The van der Waals surface area contributed by atoms with Gasteiger partial charge in [0.1, 0.15) is 5.69 Å². The van der Waals surface area contributed by atoms with E-state index in [4.69, 9.17) is 5.73 Å². The maximum absolute atomic E-state index is 11.6. The van der Waals surface area contributed by atoms with Crippen LogP contribution in [0.3, 0.4) is 0 Å². The van der Waals surface area contributed by atoms with Gasteiger partial charge in [0.05, 0.1) is 10.7 Å². The van der Waals surface area contributed by atoms with Crippen LogP contribution in [0.4, 0.5) is 11.4 Å². The highest BCUT2D eigenvalue weighted by molar-refractivity contribution is 7.89. The van der Waals surface area contributed by atoms with Crippen LogP contribution in [0.2, 0.25) is 0 Å². The van der Waals surface area contributed by atoms with Crippen LogP contribution in [0.1, 0.15) is 10.4 Å². The number of carbonyl (C=O) groups is 1. The number of anilines is 1. The number of nitrogens with zero attached hydrogens (tertiary/aromatic N) is 2. The number of nitro groups is 1. The van der Waals surface area contributed by atoms with E-state index in [-0.39, 0.29) is 29.2 Å². The van der Waals surface area contributed by atoms with E-state index in [9.17, 15) is 23.3 Å². The molecule has 0 saturated heterocycles. The summed E-state index contributed by atoms with van der Waals surface area (Å²) in [7, 11) is -0.630. The summed E-state index contributed by atoms with van der Waals surface area (Å²) in [6.07, 6.45) is 0. The van der Waals surface area contributed by atoms with Gasteiger partial charge in [-0.25, -0.2) is 12.7 Å². The maximum atomic E-state index is 11.6. The lowest BCUT2D eigenvalue weighted by Crippen LogP contribution is -2.28. The Balaban J connectivity index is 2.93. The molecular formula is C11H16N4O5S. The van der Waals surface area contributed by atoms with Crippen LogP contribution >= 0.6 is 0 Å². The predicted molar refractivity (Wildman–Crippen MR) is 77.6 cm³/mol. The van der Waals surface area contributed by atoms with Gasteiger partial charge in [-0.15, -0.1) is 0 Å². The number of sulfonamides is 1. The second kappa shape index (κ2) is 6.50. The van der Waals surface area contributed by atoms with Crippen molar-refractivity contribution in [3.05, 3.63) is 33.9 Å². The van der Waals surface area contributed by atoms with E-state index in [0.717, 1.165) is 10.4 Å². The first-order valence-corrected chi connectivity index (χ1v) is 7.48. The number of amides is 1. The zero-order chi connectivity index (χ0) is 16.2. The summed E-state index contributed by atoms with van der Waals surface area (Å²) in [6, 6.07) is 3.60.